The zero-order valence-corrected chi connectivity index (χ0v) is 15.7. The number of ether oxygens (including phenoxy) is 2. The number of carbonyl (C=O) groups excluding carboxylic acids is 2. The van der Waals surface area contributed by atoms with Crippen molar-refractivity contribution in [3.63, 3.8) is 0 Å². The zero-order chi connectivity index (χ0) is 18.7. The second kappa shape index (κ2) is 7.86. The molecule has 0 radical (unpaired) electrons. The smallest absolute Gasteiger partial charge is 0.265 e. The van der Waals surface area contributed by atoms with E-state index >= 15 is 0 Å². The van der Waals surface area contributed by atoms with Crippen molar-refractivity contribution >= 4 is 35.2 Å². The summed E-state index contributed by atoms with van der Waals surface area (Å²) < 4.78 is 10.5. The Labute approximate surface area is 158 Å². The minimum atomic E-state index is -0.471. The van der Waals surface area contributed by atoms with Gasteiger partial charge in [-0.1, -0.05) is 25.3 Å². The van der Waals surface area contributed by atoms with E-state index in [9.17, 15) is 9.59 Å². The maximum Gasteiger partial charge on any atom is 0.265 e. The average Bonchev–Trinajstić information content (AvgIpc) is 2.65. The Hall–Kier alpha value is -2.41. The molecule has 0 bridgehead atoms. The summed E-state index contributed by atoms with van der Waals surface area (Å²) in [5.74, 6) is 0.312. The Morgan fingerprint density at radius 3 is 2.46 bits per heavy atom. The van der Waals surface area contributed by atoms with E-state index in [4.69, 9.17) is 21.7 Å². The molecule has 1 aliphatic carbocycles. The molecule has 2 fully saturated rings. The Morgan fingerprint density at radius 2 is 1.81 bits per heavy atom. The van der Waals surface area contributed by atoms with Crippen molar-refractivity contribution in [2.45, 2.75) is 38.1 Å². The highest BCUT2D eigenvalue weighted by Gasteiger charge is 2.37. The molecule has 2 aliphatic rings. The van der Waals surface area contributed by atoms with Crippen molar-refractivity contribution in [3.8, 4) is 11.5 Å². The van der Waals surface area contributed by atoms with Crippen LogP contribution in [0.5, 0.6) is 11.5 Å². The van der Waals surface area contributed by atoms with Crippen LogP contribution >= 0.6 is 12.2 Å². The zero-order valence-electron chi connectivity index (χ0n) is 14.9. The predicted molar refractivity (Wildman–Crippen MR) is 102 cm³/mol. The third-order valence-electron chi connectivity index (χ3n) is 4.79. The molecule has 0 spiro atoms. The number of hydrogen-bond acceptors (Lipinski definition) is 5. The lowest BCUT2D eigenvalue weighted by Crippen LogP contribution is -2.57. The molecule has 7 heteroatoms. The van der Waals surface area contributed by atoms with Crippen LogP contribution in [0, 0.1) is 0 Å². The van der Waals surface area contributed by atoms with Gasteiger partial charge in [-0.2, -0.15) is 0 Å². The van der Waals surface area contributed by atoms with E-state index in [1.54, 1.807) is 36.3 Å². The van der Waals surface area contributed by atoms with E-state index in [0.717, 1.165) is 25.7 Å². The molecule has 6 nitrogen and oxygen atoms in total. The Kier molecular flexibility index (Phi) is 5.56. The predicted octanol–water partition coefficient (Wildman–Crippen LogP) is 2.66. The van der Waals surface area contributed by atoms with E-state index in [-0.39, 0.29) is 22.6 Å². The second-order valence-electron chi connectivity index (χ2n) is 6.40. The number of carbonyl (C=O) groups is 2. The van der Waals surface area contributed by atoms with Crippen LogP contribution < -0.4 is 14.8 Å². The normalized spacial score (nSPS) is 20.3. The molecule has 2 amide bonds. The first kappa shape index (κ1) is 18.4. The first-order valence-corrected chi connectivity index (χ1v) is 9.08. The fourth-order valence-electron chi connectivity index (χ4n) is 3.45. The minimum Gasteiger partial charge on any atom is -0.493 e. The van der Waals surface area contributed by atoms with Crippen molar-refractivity contribution in [1.82, 2.24) is 10.2 Å². The molecule has 1 saturated carbocycles. The van der Waals surface area contributed by atoms with Gasteiger partial charge in [-0.3, -0.25) is 19.8 Å². The van der Waals surface area contributed by atoms with Crippen molar-refractivity contribution in [2.24, 2.45) is 0 Å². The third-order valence-corrected chi connectivity index (χ3v) is 5.09. The van der Waals surface area contributed by atoms with E-state index < -0.39 is 5.91 Å². The number of benzene rings is 1. The van der Waals surface area contributed by atoms with Crippen molar-refractivity contribution in [2.75, 3.05) is 14.2 Å². The van der Waals surface area contributed by atoms with Gasteiger partial charge in [0.1, 0.15) is 5.57 Å². The van der Waals surface area contributed by atoms with Crippen molar-refractivity contribution in [3.05, 3.63) is 29.3 Å². The largest absolute Gasteiger partial charge is 0.493 e. The van der Waals surface area contributed by atoms with Crippen LogP contribution in [0.2, 0.25) is 0 Å². The minimum absolute atomic E-state index is 0.0538. The van der Waals surface area contributed by atoms with Gasteiger partial charge in [-0.05, 0) is 48.8 Å². The Morgan fingerprint density at radius 1 is 1.12 bits per heavy atom. The van der Waals surface area contributed by atoms with Gasteiger partial charge < -0.3 is 9.47 Å². The van der Waals surface area contributed by atoms with Gasteiger partial charge in [0.2, 0.25) is 0 Å². The molecule has 1 heterocycles. The van der Waals surface area contributed by atoms with E-state index in [0.29, 0.717) is 17.1 Å². The van der Waals surface area contributed by atoms with Gasteiger partial charge in [-0.15, -0.1) is 0 Å². The molecular formula is C19H22N2O4S. The first-order chi connectivity index (χ1) is 12.5. The van der Waals surface area contributed by atoms with Crippen LogP contribution in [-0.2, 0) is 9.59 Å². The molecule has 1 aliphatic heterocycles. The van der Waals surface area contributed by atoms with E-state index in [1.807, 2.05) is 0 Å². The van der Waals surface area contributed by atoms with Crippen LogP contribution in [-0.4, -0.2) is 42.1 Å². The van der Waals surface area contributed by atoms with Crippen LogP contribution in [0.15, 0.2) is 23.8 Å². The lowest BCUT2D eigenvalue weighted by molar-refractivity contribution is -0.130. The summed E-state index contributed by atoms with van der Waals surface area (Å²) in [5.41, 5.74) is 0.758. The first-order valence-electron chi connectivity index (χ1n) is 8.67. The third kappa shape index (κ3) is 3.58. The van der Waals surface area contributed by atoms with Gasteiger partial charge in [-0.25, -0.2) is 0 Å². The van der Waals surface area contributed by atoms with Gasteiger partial charge in [0.05, 0.1) is 14.2 Å². The number of rotatable bonds is 4. The maximum atomic E-state index is 13.0. The summed E-state index contributed by atoms with van der Waals surface area (Å²) in [6, 6.07) is 5.29. The lowest BCUT2D eigenvalue weighted by Gasteiger charge is -2.37. The summed E-state index contributed by atoms with van der Waals surface area (Å²) in [5, 5.41) is 2.86. The number of amides is 2. The molecule has 26 heavy (non-hydrogen) atoms. The number of methoxy groups -OCH3 is 2. The fourth-order valence-corrected chi connectivity index (χ4v) is 3.78. The Bertz CT molecular complexity index is 769. The van der Waals surface area contributed by atoms with E-state index in [1.165, 1.54) is 13.5 Å². The van der Waals surface area contributed by atoms with Crippen LogP contribution in [0.3, 0.4) is 0 Å². The summed E-state index contributed by atoms with van der Waals surface area (Å²) in [7, 11) is 3.09. The quantitative estimate of drug-likeness (QED) is 0.499. The second-order valence-corrected chi connectivity index (χ2v) is 6.79. The highest BCUT2D eigenvalue weighted by molar-refractivity contribution is 7.80. The lowest BCUT2D eigenvalue weighted by atomic mass is 9.93. The summed E-state index contributed by atoms with van der Waals surface area (Å²) in [6.07, 6.45) is 6.69. The topological polar surface area (TPSA) is 67.9 Å². The number of hydrogen-bond donors (Lipinski definition) is 1. The monoisotopic (exact) mass is 374 g/mol. The highest BCUT2D eigenvalue weighted by Crippen LogP contribution is 2.30. The molecule has 138 valence electrons. The fraction of sp³-hybridized carbons (Fsp3) is 0.421. The maximum absolute atomic E-state index is 13.0. The van der Waals surface area contributed by atoms with Gasteiger partial charge in [0.15, 0.2) is 16.6 Å². The van der Waals surface area contributed by atoms with Gasteiger partial charge in [0.25, 0.3) is 11.8 Å². The van der Waals surface area contributed by atoms with Gasteiger partial charge >= 0.3 is 0 Å². The van der Waals surface area contributed by atoms with Crippen molar-refractivity contribution < 1.29 is 19.1 Å². The number of thiocarbonyl (C=S) groups is 1. The van der Waals surface area contributed by atoms with Gasteiger partial charge in [0, 0.05) is 6.04 Å². The molecule has 0 aromatic heterocycles. The highest BCUT2D eigenvalue weighted by atomic mass is 32.1. The SMILES string of the molecule is COc1ccc(/C=C2\C(=O)NC(=S)N(C3CCCCC3)C2=O)cc1OC. The molecule has 1 aromatic rings. The summed E-state index contributed by atoms with van der Waals surface area (Å²) in [4.78, 5) is 26.9. The number of nitrogens with zero attached hydrogens (tertiary/aromatic N) is 1. The van der Waals surface area contributed by atoms with Crippen molar-refractivity contribution in [1.29, 1.82) is 0 Å². The number of nitrogens with one attached hydrogen (secondary N) is 1. The molecule has 1 N–H and O–H groups in total. The average molecular weight is 374 g/mol. The molecule has 0 unspecified atom stereocenters. The van der Waals surface area contributed by atoms with Crippen LogP contribution in [0.1, 0.15) is 37.7 Å². The molecular weight excluding hydrogens is 352 g/mol. The van der Waals surface area contributed by atoms with Crippen LogP contribution in [0.25, 0.3) is 6.08 Å². The molecule has 1 aromatic carbocycles. The molecule has 3 rings (SSSR count). The summed E-state index contributed by atoms with van der Waals surface area (Å²) >= 11 is 5.26. The summed E-state index contributed by atoms with van der Waals surface area (Å²) in [6.45, 7) is 0. The Balaban J connectivity index is 1.92. The molecule has 1 saturated heterocycles. The van der Waals surface area contributed by atoms with E-state index in [2.05, 4.69) is 5.32 Å². The van der Waals surface area contributed by atoms with Crippen LogP contribution in [0.4, 0.5) is 0 Å². The molecule has 0 atom stereocenters. The standard InChI is InChI=1S/C19H22N2O4S/c1-24-15-9-8-12(11-16(15)25-2)10-14-17(22)20-19(26)21(18(14)23)13-6-4-3-5-7-13/h8-11,13H,3-7H2,1-2H3,(H,20,22,26)/b14-10+.